The van der Waals surface area contributed by atoms with Gasteiger partial charge in [0.05, 0.1) is 17.9 Å². The van der Waals surface area contributed by atoms with Crippen molar-refractivity contribution in [1.29, 1.82) is 0 Å². The van der Waals surface area contributed by atoms with Crippen LogP contribution in [-0.2, 0) is 16.6 Å². The number of hydrogen-bond acceptors (Lipinski definition) is 3. The first-order chi connectivity index (χ1) is 16.2. The van der Waals surface area contributed by atoms with E-state index in [9.17, 15) is 9.59 Å². The number of rotatable bonds is 9. The van der Waals surface area contributed by atoms with Crippen LogP contribution in [0, 0.1) is 6.92 Å². The van der Waals surface area contributed by atoms with Gasteiger partial charge < -0.3 is 10.6 Å². The summed E-state index contributed by atoms with van der Waals surface area (Å²) in [6.45, 7) is 10.3. The van der Waals surface area contributed by atoms with E-state index in [2.05, 4.69) is 38.3 Å². The minimum absolute atomic E-state index is 0.124. The summed E-state index contributed by atoms with van der Waals surface area (Å²) in [5, 5.41) is 10.4. The Bertz CT molecular complexity index is 1120. The van der Waals surface area contributed by atoms with Gasteiger partial charge in [-0.25, -0.2) is 4.68 Å². The fourth-order valence-corrected chi connectivity index (χ4v) is 3.67. The van der Waals surface area contributed by atoms with Crippen LogP contribution in [0.1, 0.15) is 74.1 Å². The van der Waals surface area contributed by atoms with E-state index in [4.69, 9.17) is 5.10 Å². The first kappa shape index (κ1) is 25.2. The molecule has 0 aliphatic rings. The van der Waals surface area contributed by atoms with E-state index >= 15 is 0 Å². The Morgan fingerprint density at radius 2 is 1.71 bits per heavy atom. The maximum Gasteiger partial charge on any atom is 0.251 e. The van der Waals surface area contributed by atoms with Gasteiger partial charge >= 0.3 is 0 Å². The number of carbonyl (C=O) groups excluding carboxylic acids is 2. The van der Waals surface area contributed by atoms with Gasteiger partial charge in [0, 0.05) is 17.0 Å². The lowest BCUT2D eigenvalue weighted by Gasteiger charge is -2.14. The van der Waals surface area contributed by atoms with Crippen LogP contribution in [-0.4, -0.2) is 28.1 Å². The van der Waals surface area contributed by atoms with Crippen LogP contribution >= 0.6 is 0 Å². The Hall–Kier alpha value is -3.41. The molecule has 3 aromatic rings. The van der Waals surface area contributed by atoms with Crippen molar-refractivity contribution in [2.24, 2.45) is 0 Å². The molecular weight excluding hydrogens is 424 g/mol. The summed E-state index contributed by atoms with van der Waals surface area (Å²) in [5.74, 6) is 0.00712. The second kappa shape index (κ2) is 11.1. The number of para-hydroxylation sites is 1. The van der Waals surface area contributed by atoms with E-state index in [1.807, 2.05) is 61.5 Å². The minimum atomic E-state index is -0.306. The molecule has 34 heavy (non-hydrogen) atoms. The Kier molecular flexibility index (Phi) is 8.26. The standard InChI is InChI=1S/C28H36N4O2/c1-6-7-8-12-21-14-16-22(17-15-21)27(34)29-19-26(33)30-25-18-24(28(3,4)5)31-32(25)23-13-10-9-11-20(23)2/h9-11,13-18H,6-8,12,19H2,1-5H3,(H,29,34)(H,30,33). The maximum atomic E-state index is 12.7. The predicted molar refractivity (Wildman–Crippen MR) is 138 cm³/mol. The molecule has 0 radical (unpaired) electrons. The van der Waals surface area contributed by atoms with E-state index in [1.165, 1.54) is 18.4 Å². The molecule has 180 valence electrons. The molecule has 0 saturated carbocycles. The van der Waals surface area contributed by atoms with Crippen molar-refractivity contribution in [3.8, 4) is 5.69 Å². The van der Waals surface area contributed by atoms with Gasteiger partial charge in [-0.3, -0.25) is 9.59 Å². The summed E-state index contributed by atoms with van der Waals surface area (Å²) in [6.07, 6.45) is 4.56. The molecule has 1 aromatic heterocycles. The molecule has 0 atom stereocenters. The SMILES string of the molecule is CCCCCc1ccc(C(=O)NCC(=O)Nc2cc(C(C)(C)C)nn2-c2ccccc2C)cc1. The molecule has 2 N–H and O–H groups in total. The highest BCUT2D eigenvalue weighted by Crippen LogP contribution is 2.27. The zero-order valence-corrected chi connectivity index (χ0v) is 20.9. The second-order valence-electron chi connectivity index (χ2n) is 9.75. The Labute approximate surface area is 202 Å². The molecule has 0 bridgehead atoms. The predicted octanol–water partition coefficient (Wildman–Crippen LogP) is 5.58. The molecule has 0 spiro atoms. The van der Waals surface area contributed by atoms with Crippen molar-refractivity contribution >= 4 is 17.6 Å². The van der Waals surface area contributed by atoms with Crippen molar-refractivity contribution < 1.29 is 9.59 Å². The van der Waals surface area contributed by atoms with E-state index in [0.29, 0.717) is 11.4 Å². The van der Waals surface area contributed by atoms with Gasteiger partial charge in [0.15, 0.2) is 0 Å². The van der Waals surface area contributed by atoms with Gasteiger partial charge in [0.25, 0.3) is 5.91 Å². The van der Waals surface area contributed by atoms with Crippen LogP contribution in [0.3, 0.4) is 0 Å². The molecular formula is C28H36N4O2. The van der Waals surface area contributed by atoms with Crippen LogP contribution < -0.4 is 10.6 Å². The zero-order chi connectivity index (χ0) is 24.7. The Balaban J connectivity index is 1.66. The monoisotopic (exact) mass is 460 g/mol. The average molecular weight is 461 g/mol. The molecule has 6 nitrogen and oxygen atoms in total. The third kappa shape index (κ3) is 6.56. The highest BCUT2D eigenvalue weighted by atomic mass is 16.2. The number of aromatic nitrogens is 2. The van der Waals surface area contributed by atoms with Gasteiger partial charge in [-0.1, -0.05) is 70.9 Å². The average Bonchev–Trinajstić information content (AvgIpc) is 3.22. The van der Waals surface area contributed by atoms with Crippen LogP contribution in [0.15, 0.2) is 54.6 Å². The number of anilines is 1. The number of carbonyl (C=O) groups is 2. The highest BCUT2D eigenvalue weighted by Gasteiger charge is 2.22. The molecule has 0 fully saturated rings. The zero-order valence-electron chi connectivity index (χ0n) is 20.9. The number of hydrogen-bond donors (Lipinski definition) is 2. The summed E-state index contributed by atoms with van der Waals surface area (Å²) in [4.78, 5) is 25.2. The van der Waals surface area contributed by atoms with E-state index in [-0.39, 0.29) is 23.8 Å². The highest BCUT2D eigenvalue weighted by molar-refractivity contribution is 5.99. The van der Waals surface area contributed by atoms with Crippen LogP contribution in [0.4, 0.5) is 5.82 Å². The molecule has 1 heterocycles. The number of unbranched alkanes of at least 4 members (excludes halogenated alkanes) is 2. The number of benzene rings is 2. The lowest BCUT2D eigenvalue weighted by atomic mass is 9.92. The first-order valence-corrected chi connectivity index (χ1v) is 12.0. The molecule has 0 aliphatic carbocycles. The van der Waals surface area contributed by atoms with Gasteiger partial charge in [-0.2, -0.15) is 5.10 Å². The third-order valence-corrected chi connectivity index (χ3v) is 5.78. The van der Waals surface area contributed by atoms with Crippen molar-refractivity contribution in [3.63, 3.8) is 0 Å². The molecule has 0 aliphatic heterocycles. The molecule has 6 heteroatoms. The van der Waals surface area contributed by atoms with Gasteiger partial charge in [0.1, 0.15) is 5.82 Å². The molecule has 2 aromatic carbocycles. The van der Waals surface area contributed by atoms with Gasteiger partial charge in [-0.05, 0) is 49.1 Å². The number of aryl methyl sites for hydroxylation is 2. The Morgan fingerprint density at radius 3 is 2.35 bits per heavy atom. The minimum Gasteiger partial charge on any atom is -0.343 e. The quantitative estimate of drug-likeness (QED) is 0.409. The smallest absolute Gasteiger partial charge is 0.251 e. The van der Waals surface area contributed by atoms with E-state index in [1.54, 1.807) is 4.68 Å². The van der Waals surface area contributed by atoms with E-state index < -0.39 is 0 Å². The van der Waals surface area contributed by atoms with Crippen molar-refractivity contribution in [1.82, 2.24) is 15.1 Å². The molecule has 0 saturated heterocycles. The fourth-order valence-electron chi connectivity index (χ4n) is 3.67. The summed E-state index contributed by atoms with van der Waals surface area (Å²) in [6, 6.07) is 17.4. The Morgan fingerprint density at radius 1 is 1.00 bits per heavy atom. The number of nitrogens with one attached hydrogen (secondary N) is 2. The summed E-state index contributed by atoms with van der Waals surface area (Å²) < 4.78 is 1.76. The van der Waals surface area contributed by atoms with Gasteiger partial charge in [0.2, 0.25) is 5.91 Å². The fraction of sp³-hybridized carbons (Fsp3) is 0.393. The number of nitrogens with zero attached hydrogens (tertiary/aromatic N) is 2. The van der Waals surface area contributed by atoms with Crippen LogP contribution in [0.2, 0.25) is 0 Å². The topological polar surface area (TPSA) is 76.0 Å². The number of amides is 2. The largest absolute Gasteiger partial charge is 0.343 e. The summed E-state index contributed by atoms with van der Waals surface area (Å²) >= 11 is 0. The molecule has 3 rings (SSSR count). The van der Waals surface area contributed by atoms with Crippen molar-refractivity contribution in [2.45, 2.75) is 65.7 Å². The lowest BCUT2D eigenvalue weighted by molar-refractivity contribution is -0.115. The summed E-state index contributed by atoms with van der Waals surface area (Å²) in [7, 11) is 0. The van der Waals surface area contributed by atoms with E-state index in [0.717, 1.165) is 29.8 Å². The first-order valence-electron chi connectivity index (χ1n) is 12.0. The van der Waals surface area contributed by atoms with Crippen LogP contribution in [0.25, 0.3) is 5.69 Å². The van der Waals surface area contributed by atoms with Crippen molar-refractivity contribution in [3.05, 3.63) is 77.0 Å². The molecule has 0 unspecified atom stereocenters. The lowest BCUT2D eigenvalue weighted by Crippen LogP contribution is -2.33. The third-order valence-electron chi connectivity index (χ3n) is 5.78. The second-order valence-corrected chi connectivity index (χ2v) is 9.75. The van der Waals surface area contributed by atoms with Crippen LogP contribution in [0.5, 0.6) is 0 Å². The maximum absolute atomic E-state index is 12.7. The van der Waals surface area contributed by atoms with Crippen molar-refractivity contribution in [2.75, 3.05) is 11.9 Å². The van der Waals surface area contributed by atoms with Gasteiger partial charge in [-0.15, -0.1) is 0 Å². The summed E-state index contributed by atoms with van der Waals surface area (Å²) in [5.41, 5.74) is 4.41. The normalized spacial score (nSPS) is 11.3. The molecule has 2 amide bonds.